The molecule has 0 amide bonds. The summed E-state index contributed by atoms with van der Waals surface area (Å²) in [5.74, 6) is 10.8. The van der Waals surface area contributed by atoms with E-state index in [1.54, 1.807) is 12.1 Å². The Morgan fingerprint density at radius 1 is 1.38 bits per heavy atom. The molecule has 0 aliphatic rings. The Balaban J connectivity index is 2.83. The van der Waals surface area contributed by atoms with E-state index in [2.05, 4.69) is 5.43 Å². The lowest BCUT2D eigenvalue weighted by molar-refractivity contribution is 0.475. The minimum atomic E-state index is 0.170. The van der Waals surface area contributed by atoms with Crippen LogP contribution < -0.4 is 22.1 Å². The van der Waals surface area contributed by atoms with E-state index in [-0.39, 0.29) is 10.9 Å². The minimum Gasteiger partial charge on any atom is -0.508 e. The number of hydrazine groups is 2. The summed E-state index contributed by atoms with van der Waals surface area (Å²) >= 11 is 4.80. The first kappa shape index (κ1) is 9.72. The molecule has 0 saturated carbocycles. The summed E-state index contributed by atoms with van der Waals surface area (Å²) in [6, 6.07) is 6.26. The van der Waals surface area contributed by atoms with Crippen LogP contribution in [0, 0.1) is 0 Å². The van der Waals surface area contributed by atoms with Crippen molar-refractivity contribution in [1.29, 1.82) is 0 Å². The van der Waals surface area contributed by atoms with Gasteiger partial charge in [-0.25, -0.2) is 11.7 Å². The highest BCUT2D eigenvalue weighted by Gasteiger charge is 2.04. The number of nitrogens with zero attached hydrogens (tertiary/aromatic N) is 1. The molecule has 0 bridgehead atoms. The van der Waals surface area contributed by atoms with Crippen molar-refractivity contribution in [2.24, 2.45) is 11.7 Å². The number of nitrogens with two attached hydrogens (primary N) is 2. The van der Waals surface area contributed by atoms with Crippen LogP contribution in [0.4, 0.5) is 5.69 Å². The molecule has 0 heterocycles. The molecule has 6 heteroatoms. The van der Waals surface area contributed by atoms with Crippen molar-refractivity contribution in [1.82, 2.24) is 5.43 Å². The second-order valence-corrected chi connectivity index (χ2v) is 2.72. The van der Waals surface area contributed by atoms with Gasteiger partial charge in [-0.05, 0) is 36.5 Å². The van der Waals surface area contributed by atoms with Crippen LogP contribution in [0.1, 0.15) is 0 Å². The molecule has 13 heavy (non-hydrogen) atoms. The third-order valence-electron chi connectivity index (χ3n) is 1.47. The molecule has 0 spiro atoms. The number of phenols is 1. The Hall–Kier alpha value is -1.37. The van der Waals surface area contributed by atoms with Gasteiger partial charge in [0.15, 0.2) is 0 Å². The number of thiocarbonyl (C=S) groups is 1. The minimum absolute atomic E-state index is 0.170. The van der Waals surface area contributed by atoms with Crippen molar-refractivity contribution < 1.29 is 5.11 Å². The molecule has 0 atom stereocenters. The average Bonchev–Trinajstić information content (AvgIpc) is 2.17. The fraction of sp³-hybridized carbons (Fsp3) is 0. The predicted octanol–water partition coefficient (Wildman–Crippen LogP) is -0.179. The number of nitrogens with one attached hydrogen (secondary N) is 1. The molecule has 0 fully saturated rings. The van der Waals surface area contributed by atoms with Crippen LogP contribution in [0.2, 0.25) is 0 Å². The lowest BCUT2D eigenvalue weighted by Gasteiger charge is -2.18. The standard InChI is InChI=1S/C7H10N4OS/c8-10-7(13)11(9)5-1-3-6(12)4-2-5/h1-4,12H,8-9H2,(H,10,13). The van der Waals surface area contributed by atoms with E-state index in [0.29, 0.717) is 5.69 Å². The number of hydrogen-bond acceptors (Lipinski definition) is 4. The number of hydrogen-bond donors (Lipinski definition) is 4. The monoisotopic (exact) mass is 198 g/mol. The van der Waals surface area contributed by atoms with Crippen molar-refractivity contribution in [2.75, 3.05) is 5.01 Å². The SMILES string of the molecule is NNC(=S)N(N)c1ccc(O)cc1. The van der Waals surface area contributed by atoms with Gasteiger partial charge in [-0.2, -0.15) is 0 Å². The third-order valence-corrected chi connectivity index (χ3v) is 1.78. The van der Waals surface area contributed by atoms with Crippen LogP contribution >= 0.6 is 12.2 Å². The molecular weight excluding hydrogens is 188 g/mol. The molecule has 1 aromatic carbocycles. The van der Waals surface area contributed by atoms with E-state index >= 15 is 0 Å². The van der Waals surface area contributed by atoms with Gasteiger partial charge in [-0.15, -0.1) is 0 Å². The highest BCUT2D eigenvalue weighted by molar-refractivity contribution is 7.80. The average molecular weight is 198 g/mol. The third kappa shape index (κ3) is 2.28. The van der Waals surface area contributed by atoms with Gasteiger partial charge >= 0.3 is 0 Å². The Morgan fingerprint density at radius 2 is 1.92 bits per heavy atom. The molecular formula is C7H10N4OS. The van der Waals surface area contributed by atoms with E-state index in [9.17, 15) is 0 Å². The smallest absolute Gasteiger partial charge is 0.202 e. The highest BCUT2D eigenvalue weighted by Crippen LogP contribution is 2.15. The van der Waals surface area contributed by atoms with Gasteiger partial charge in [-0.3, -0.25) is 10.4 Å². The van der Waals surface area contributed by atoms with Crippen LogP contribution in [0.5, 0.6) is 5.75 Å². The topological polar surface area (TPSA) is 87.5 Å². The number of rotatable bonds is 1. The normalized spacial score (nSPS) is 9.38. The van der Waals surface area contributed by atoms with Crippen LogP contribution in [0.15, 0.2) is 24.3 Å². The fourth-order valence-corrected chi connectivity index (χ4v) is 0.905. The van der Waals surface area contributed by atoms with Crippen molar-refractivity contribution >= 4 is 23.0 Å². The number of anilines is 1. The summed E-state index contributed by atoms with van der Waals surface area (Å²) in [7, 11) is 0. The number of phenolic OH excluding ortho intramolecular Hbond substituents is 1. The molecule has 0 saturated heterocycles. The molecule has 0 aromatic heterocycles. The van der Waals surface area contributed by atoms with Gasteiger partial charge in [0.25, 0.3) is 0 Å². The van der Waals surface area contributed by atoms with Gasteiger partial charge < -0.3 is 5.11 Å². The maximum absolute atomic E-state index is 9.00. The summed E-state index contributed by atoms with van der Waals surface area (Å²) in [6.45, 7) is 0. The molecule has 0 unspecified atom stereocenters. The zero-order chi connectivity index (χ0) is 9.84. The summed E-state index contributed by atoms with van der Waals surface area (Å²) in [5, 5.41) is 10.4. The lowest BCUT2D eigenvalue weighted by atomic mass is 10.3. The second-order valence-electron chi connectivity index (χ2n) is 2.34. The van der Waals surface area contributed by atoms with Gasteiger partial charge in [0.1, 0.15) is 5.75 Å². The van der Waals surface area contributed by atoms with E-state index in [4.69, 9.17) is 29.0 Å². The highest BCUT2D eigenvalue weighted by atomic mass is 32.1. The first-order valence-electron chi connectivity index (χ1n) is 3.49. The van der Waals surface area contributed by atoms with Crippen LogP contribution in [0.25, 0.3) is 0 Å². The van der Waals surface area contributed by atoms with Gasteiger partial charge in [0.2, 0.25) is 5.11 Å². The number of aromatic hydroxyl groups is 1. The molecule has 0 radical (unpaired) electrons. The molecule has 1 aromatic rings. The van der Waals surface area contributed by atoms with Gasteiger partial charge in [0.05, 0.1) is 5.69 Å². The molecule has 0 aliphatic carbocycles. The van der Waals surface area contributed by atoms with E-state index in [1.807, 2.05) is 0 Å². The van der Waals surface area contributed by atoms with E-state index < -0.39 is 0 Å². The Bertz CT molecular complexity index is 300. The lowest BCUT2D eigenvalue weighted by Crippen LogP contribution is -2.47. The van der Waals surface area contributed by atoms with Gasteiger partial charge in [-0.1, -0.05) is 0 Å². The molecule has 70 valence electrons. The van der Waals surface area contributed by atoms with Crippen LogP contribution in [-0.4, -0.2) is 10.2 Å². The predicted molar refractivity (Wildman–Crippen MR) is 54.7 cm³/mol. The van der Waals surface area contributed by atoms with Crippen LogP contribution in [-0.2, 0) is 0 Å². The zero-order valence-electron chi connectivity index (χ0n) is 6.77. The summed E-state index contributed by atoms with van der Waals surface area (Å²) in [4.78, 5) is 0. The van der Waals surface area contributed by atoms with Gasteiger partial charge in [0, 0.05) is 0 Å². The Kier molecular flexibility index (Phi) is 3.02. The van der Waals surface area contributed by atoms with Crippen molar-refractivity contribution in [3.63, 3.8) is 0 Å². The molecule has 5 nitrogen and oxygen atoms in total. The van der Waals surface area contributed by atoms with E-state index in [0.717, 1.165) is 0 Å². The molecule has 0 aliphatic heterocycles. The zero-order valence-corrected chi connectivity index (χ0v) is 7.58. The summed E-state index contributed by atoms with van der Waals surface area (Å²) in [6.07, 6.45) is 0. The Labute approximate surface area is 80.9 Å². The summed E-state index contributed by atoms with van der Waals surface area (Å²) < 4.78 is 0. The quantitative estimate of drug-likeness (QED) is 0.284. The van der Waals surface area contributed by atoms with Crippen molar-refractivity contribution in [3.8, 4) is 5.75 Å². The molecule has 6 N–H and O–H groups in total. The van der Waals surface area contributed by atoms with Crippen LogP contribution in [0.3, 0.4) is 0 Å². The van der Waals surface area contributed by atoms with E-state index in [1.165, 1.54) is 17.1 Å². The van der Waals surface area contributed by atoms with Crippen molar-refractivity contribution in [3.05, 3.63) is 24.3 Å². The Morgan fingerprint density at radius 3 is 2.38 bits per heavy atom. The van der Waals surface area contributed by atoms with Crippen molar-refractivity contribution in [2.45, 2.75) is 0 Å². The second kappa shape index (κ2) is 4.04. The maximum Gasteiger partial charge on any atom is 0.202 e. The first-order valence-corrected chi connectivity index (χ1v) is 3.90. The first-order chi connectivity index (χ1) is 6.15. The summed E-state index contributed by atoms with van der Waals surface area (Å²) in [5.41, 5.74) is 2.89. The maximum atomic E-state index is 9.00. The fourth-order valence-electron chi connectivity index (χ4n) is 0.800. The molecule has 1 rings (SSSR count). The largest absolute Gasteiger partial charge is 0.508 e. The number of benzene rings is 1.